The molecule has 0 radical (unpaired) electrons. The zero-order chi connectivity index (χ0) is 13.6. The number of carbonyl (C=O) groups is 3. The van der Waals surface area contributed by atoms with Gasteiger partial charge >= 0.3 is 5.97 Å². The van der Waals surface area contributed by atoms with E-state index >= 15 is 0 Å². The summed E-state index contributed by atoms with van der Waals surface area (Å²) in [6, 6.07) is 5.15. The molecular formula is C14H13NO4. The number of hydrogen-bond acceptors (Lipinski definition) is 3. The van der Waals surface area contributed by atoms with Crippen molar-refractivity contribution >= 4 is 23.3 Å². The molecule has 0 unspecified atom stereocenters. The first-order valence-electron chi connectivity index (χ1n) is 6.26. The number of Topliss-reactive ketones (excluding diaryl/α,β-unsaturated/α-hetero) is 1. The number of hydrogen-bond donors (Lipinski definition) is 2. The Morgan fingerprint density at radius 1 is 1.21 bits per heavy atom. The summed E-state index contributed by atoms with van der Waals surface area (Å²) in [5.74, 6) is -1.92. The van der Waals surface area contributed by atoms with Crippen molar-refractivity contribution in [1.82, 2.24) is 0 Å². The van der Waals surface area contributed by atoms with Crippen molar-refractivity contribution in [2.45, 2.75) is 19.3 Å². The monoisotopic (exact) mass is 259 g/mol. The van der Waals surface area contributed by atoms with Gasteiger partial charge in [0, 0.05) is 23.6 Å². The van der Waals surface area contributed by atoms with Crippen LogP contribution in [-0.4, -0.2) is 22.8 Å². The summed E-state index contributed by atoms with van der Waals surface area (Å²) in [7, 11) is 0. The van der Waals surface area contributed by atoms with Gasteiger partial charge in [0.2, 0.25) is 5.91 Å². The third kappa shape index (κ3) is 2.12. The minimum absolute atomic E-state index is 0.0142. The van der Waals surface area contributed by atoms with Crippen molar-refractivity contribution in [1.29, 1.82) is 0 Å². The van der Waals surface area contributed by atoms with Crippen molar-refractivity contribution in [2.75, 3.05) is 5.32 Å². The van der Waals surface area contributed by atoms with Gasteiger partial charge in [-0.2, -0.15) is 0 Å². The van der Waals surface area contributed by atoms with Gasteiger partial charge in [-0.25, -0.2) is 0 Å². The van der Waals surface area contributed by atoms with E-state index in [1.165, 1.54) is 0 Å². The SMILES string of the molecule is O=C1CCc2cc(C(=O)[C@H]3C[C@H]3C(=O)O)ccc2N1. The fourth-order valence-corrected chi connectivity index (χ4v) is 2.51. The maximum atomic E-state index is 12.1. The number of anilines is 1. The zero-order valence-electron chi connectivity index (χ0n) is 10.2. The summed E-state index contributed by atoms with van der Waals surface area (Å²) in [6.07, 6.45) is 1.48. The van der Waals surface area contributed by atoms with E-state index in [0.717, 1.165) is 11.3 Å². The normalized spacial score (nSPS) is 24.3. The molecule has 2 atom stereocenters. The lowest BCUT2D eigenvalue weighted by molar-refractivity contribution is -0.138. The number of aliphatic carboxylic acids is 1. The number of amides is 1. The average molecular weight is 259 g/mol. The van der Waals surface area contributed by atoms with Crippen LogP contribution in [-0.2, 0) is 16.0 Å². The van der Waals surface area contributed by atoms with Crippen LogP contribution in [0.4, 0.5) is 5.69 Å². The number of carboxylic acid groups (broad SMARTS) is 1. The second-order valence-corrected chi connectivity index (χ2v) is 5.07. The molecule has 1 amide bonds. The van der Waals surface area contributed by atoms with Gasteiger partial charge in [-0.1, -0.05) is 0 Å². The van der Waals surface area contributed by atoms with E-state index in [0.29, 0.717) is 24.8 Å². The first kappa shape index (κ1) is 11.9. The number of fused-ring (bicyclic) bond motifs is 1. The van der Waals surface area contributed by atoms with Crippen LogP contribution in [0.2, 0.25) is 0 Å². The summed E-state index contributed by atoms with van der Waals surface area (Å²) >= 11 is 0. The molecule has 0 saturated heterocycles. The lowest BCUT2D eigenvalue weighted by Crippen LogP contribution is -2.19. The predicted octanol–water partition coefficient (Wildman–Crippen LogP) is 1.47. The quantitative estimate of drug-likeness (QED) is 0.805. The molecule has 5 nitrogen and oxygen atoms in total. The van der Waals surface area contributed by atoms with E-state index in [4.69, 9.17) is 5.11 Å². The summed E-state index contributed by atoms with van der Waals surface area (Å²) in [5, 5.41) is 11.6. The Morgan fingerprint density at radius 3 is 2.68 bits per heavy atom. The van der Waals surface area contributed by atoms with Crippen LogP contribution in [0.1, 0.15) is 28.8 Å². The Balaban J connectivity index is 1.81. The van der Waals surface area contributed by atoms with Crippen LogP contribution in [0.25, 0.3) is 0 Å². The second-order valence-electron chi connectivity index (χ2n) is 5.07. The Bertz CT molecular complexity index is 593. The smallest absolute Gasteiger partial charge is 0.307 e. The second kappa shape index (κ2) is 4.19. The summed E-state index contributed by atoms with van der Waals surface area (Å²) < 4.78 is 0. The number of rotatable bonds is 3. The van der Waals surface area contributed by atoms with Crippen LogP contribution in [0.5, 0.6) is 0 Å². The molecule has 2 aliphatic rings. The van der Waals surface area contributed by atoms with Crippen LogP contribution >= 0.6 is 0 Å². The molecule has 1 aromatic rings. The van der Waals surface area contributed by atoms with Crippen LogP contribution in [0.15, 0.2) is 18.2 Å². The van der Waals surface area contributed by atoms with Crippen LogP contribution < -0.4 is 5.32 Å². The van der Waals surface area contributed by atoms with E-state index < -0.39 is 11.9 Å². The fourth-order valence-electron chi connectivity index (χ4n) is 2.51. The fraction of sp³-hybridized carbons (Fsp3) is 0.357. The molecule has 2 N–H and O–H groups in total. The summed E-state index contributed by atoms with van der Waals surface area (Å²) in [6.45, 7) is 0. The Hall–Kier alpha value is -2.17. The third-order valence-electron chi connectivity index (χ3n) is 3.73. The molecule has 1 aliphatic heterocycles. The molecule has 1 saturated carbocycles. The molecule has 0 spiro atoms. The van der Waals surface area contributed by atoms with Crippen molar-refractivity contribution < 1.29 is 19.5 Å². The molecule has 0 bridgehead atoms. The standard InChI is InChI=1S/C14H13NO4/c16-12-4-2-7-5-8(1-3-11(7)15-12)13(17)9-6-10(9)14(18)19/h1,3,5,9-10H,2,4,6H2,(H,15,16)(H,18,19)/t9-,10+/m0/s1. The van der Waals surface area contributed by atoms with Gasteiger partial charge in [-0.15, -0.1) is 0 Å². The summed E-state index contributed by atoms with van der Waals surface area (Å²) in [5.41, 5.74) is 2.24. The molecule has 1 aromatic carbocycles. The average Bonchev–Trinajstić information content (AvgIpc) is 3.17. The van der Waals surface area contributed by atoms with Gasteiger partial charge in [-0.3, -0.25) is 14.4 Å². The van der Waals surface area contributed by atoms with Crippen molar-refractivity contribution in [2.24, 2.45) is 11.8 Å². The highest BCUT2D eigenvalue weighted by molar-refractivity contribution is 6.03. The molecule has 1 aliphatic carbocycles. The lowest BCUT2D eigenvalue weighted by atomic mass is 9.97. The Labute approximate surface area is 109 Å². The minimum Gasteiger partial charge on any atom is -0.481 e. The zero-order valence-corrected chi connectivity index (χ0v) is 10.2. The first-order valence-corrected chi connectivity index (χ1v) is 6.26. The van der Waals surface area contributed by atoms with Crippen molar-refractivity contribution in [3.05, 3.63) is 29.3 Å². The molecular weight excluding hydrogens is 246 g/mol. The van der Waals surface area contributed by atoms with E-state index in [9.17, 15) is 14.4 Å². The molecule has 1 heterocycles. The van der Waals surface area contributed by atoms with Gasteiger partial charge in [0.05, 0.1) is 5.92 Å². The van der Waals surface area contributed by atoms with Gasteiger partial charge < -0.3 is 10.4 Å². The Kier molecular flexibility index (Phi) is 2.62. The number of nitrogens with one attached hydrogen (secondary N) is 1. The third-order valence-corrected chi connectivity index (χ3v) is 3.73. The maximum Gasteiger partial charge on any atom is 0.307 e. The van der Waals surface area contributed by atoms with E-state index in [-0.39, 0.29) is 17.6 Å². The van der Waals surface area contributed by atoms with E-state index in [1.807, 2.05) is 0 Å². The number of aryl methyl sites for hydroxylation is 1. The largest absolute Gasteiger partial charge is 0.481 e. The number of carboxylic acids is 1. The minimum atomic E-state index is -0.899. The Morgan fingerprint density at radius 2 is 2.00 bits per heavy atom. The van der Waals surface area contributed by atoms with E-state index in [1.54, 1.807) is 18.2 Å². The lowest BCUT2D eigenvalue weighted by Gasteiger charge is -2.17. The highest BCUT2D eigenvalue weighted by Crippen LogP contribution is 2.41. The highest BCUT2D eigenvalue weighted by atomic mass is 16.4. The number of carbonyl (C=O) groups excluding carboxylic acids is 2. The van der Waals surface area contributed by atoms with Gasteiger partial charge in [0.1, 0.15) is 0 Å². The van der Waals surface area contributed by atoms with Crippen LogP contribution in [0.3, 0.4) is 0 Å². The van der Waals surface area contributed by atoms with Gasteiger partial charge in [0.25, 0.3) is 0 Å². The van der Waals surface area contributed by atoms with Gasteiger partial charge in [-0.05, 0) is 36.6 Å². The molecule has 19 heavy (non-hydrogen) atoms. The van der Waals surface area contributed by atoms with Crippen molar-refractivity contribution in [3.63, 3.8) is 0 Å². The first-order chi connectivity index (χ1) is 9.06. The van der Waals surface area contributed by atoms with E-state index in [2.05, 4.69) is 5.32 Å². The molecule has 5 heteroatoms. The van der Waals surface area contributed by atoms with Crippen molar-refractivity contribution in [3.8, 4) is 0 Å². The number of benzene rings is 1. The highest BCUT2D eigenvalue weighted by Gasteiger charge is 2.48. The van der Waals surface area contributed by atoms with Crippen LogP contribution in [0, 0.1) is 11.8 Å². The molecule has 98 valence electrons. The molecule has 1 fully saturated rings. The topological polar surface area (TPSA) is 83.5 Å². The molecule has 3 rings (SSSR count). The molecule has 0 aromatic heterocycles. The van der Waals surface area contributed by atoms with Gasteiger partial charge in [0.15, 0.2) is 5.78 Å². The predicted molar refractivity (Wildman–Crippen MR) is 67.0 cm³/mol. The summed E-state index contributed by atoms with van der Waals surface area (Å²) in [4.78, 5) is 34.1. The number of ketones is 1. The maximum absolute atomic E-state index is 12.1.